The second-order valence-electron chi connectivity index (χ2n) is 3.82. The molecule has 1 atom stereocenters. The number of hydrogen-bond acceptors (Lipinski definition) is 5. The molecule has 0 aliphatic rings. The van der Waals surface area contributed by atoms with Gasteiger partial charge < -0.3 is 5.32 Å². The third kappa shape index (κ3) is 3.89. The Morgan fingerprint density at radius 2 is 2.35 bits per heavy atom. The molecule has 0 aliphatic carbocycles. The Kier molecular flexibility index (Phi) is 5.21. The van der Waals surface area contributed by atoms with E-state index >= 15 is 0 Å². The van der Waals surface area contributed by atoms with Crippen LogP contribution in [-0.2, 0) is 0 Å². The zero-order valence-corrected chi connectivity index (χ0v) is 11.1. The van der Waals surface area contributed by atoms with Crippen molar-refractivity contribution in [1.82, 2.24) is 4.98 Å². The highest BCUT2D eigenvalue weighted by molar-refractivity contribution is 7.98. The summed E-state index contributed by atoms with van der Waals surface area (Å²) >= 11 is 1.77. The lowest BCUT2D eigenvalue weighted by molar-refractivity contribution is -0.385. The molecule has 0 amide bonds. The Bertz CT molecular complexity index is 398. The smallest absolute Gasteiger partial charge is 0.287 e. The van der Waals surface area contributed by atoms with Crippen LogP contribution in [0.25, 0.3) is 0 Å². The molecule has 17 heavy (non-hydrogen) atoms. The molecular formula is C11H17N3O2S. The summed E-state index contributed by atoms with van der Waals surface area (Å²) in [6.45, 7) is 3.93. The highest BCUT2D eigenvalue weighted by Crippen LogP contribution is 2.19. The number of nitrogens with zero attached hydrogens (tertiary/aromatic N) is 2. The molecule has 0 fully saturated rings. The maximum atomic E-state index is 10.6. The van der Waals surface area contributed by atoms with Gasteiger partial charge in [0.2, 0.25) is 0 Å². The second kappa shape index (κ2) is 6.44. The number of hydrogen-bond donors (Lipinski definition) is 1. The number of nitro groups is 1. The van der Waals surface area contributed by atoms with Crippen molar-refractivity contribution >= 4 is 23.3 Å². The van der Waals surface area contributed by atoms with Crippen LogP contribution < -0.4 is 5.32 Å². The van der Waals surface area contributed by atoms with Crippen molar-refractivity contribution in [3.63, 3.8) is 0 Å². The third-order valence-corrected chi connectivity index (χ3v) is 3.21. The van der Waals surface area contributed by atoms with E-state index < -0.39 is 4.92 Å². The molecule has 1 aromatic rings. The van der Waals surface area contributed by atoms with Crippen LogP contribution in [0, 0.1) is 17.0 Å². The molecule has 0 aromatic carbocycles. The molecule has 1 heterocycles. The van der Waals surface area contributed by atoms with Crippen LogP contribution in [0.3, 0.4) is 0 Å². The van der Waals surface area contributed by atoms with Crippen LogP contribution in [-0.4, -0.2) is 28.0 Å². The molecule has 1 unspecified atom stereocenters. The minimum atomic E-state index is -0.428. The molecule has 5 nitrogen and oxygen atoms in total. The van der Waals surface area contributed by atoms with Crippen LogP contribution >= 0.6 is 11.8 Å². The minimum Gasteiger partial charge on any atom is -0.366 e. The van der Waals surface area contributed by atoms with Gasteiger partial charge in [-0.3, -0.25) is 10.1 Å². The van der Waals surface area contributed by atoms with Crippen molar-refractivity contribution in [2.45, 2.75) is 26.3 Å². The van der Waals surface area contributed by atoms with E-state index in [-0.39, 0.29) is 5.69 Å². The van der Waals surface area contributed by atoms with Gasteiger partial charge in [0.1, 0.15) is 12.0 Å². The zero-order valence-electron chi connectivity index (χ0n) is 10.3. The van der Waals surface area contributed by atoms with Crippen molar-refractivity contribution in [1.29, 1.82) is 0 Å². The quantitative estimate of drug-likeness (QED) is 0.625. The predicted molar refractivity (Wildman–Crippen MR) is 71.7 cm³/mol. The van der Waals surface area contributed by atoms with E-state index in [1.807, 2.05) is 6.92 Å². The average Bonchev–Trinajstić information content (AvgIpc) is 2.30. The van der Waals surface area contributed by atoms with Crippen molar-refractivity contribution in [3.8, 4) is 0 Å². The minimum absolute atomic E-state index is 0.0333. The van der Waals surface area contributed by atoms with Gasteiger partial charge in [-0.15, -0.1) is 0 Å². The number of nitrogens with one attached hydrogen (secondary N) is 1. The van der Waals surface area contributed by atoms with Crippen molar-refractivity contribution in [2.75, 3.05) is 17.3 Å². The predicted octanol–water partition coefficient (Wildman–Crippen LogP) is 2.85. The molecule has 94 valence electrons. The summed E-state index contributed by atoms with van der Waals surface area (Å²) in [6, 6.07) is 1.89. The fourth-order valence-corrected chi connectivity index (χ4v) is 2.19. The fraction of sp³-hybridized carbons (Fsp3) is 0.545. The first kappa shape index (κ1) is 13.8. The molecule has 0 aliphatic heterocycles. The third-order valence-electron chi connectivity index (χ3n) is 2.48. The highest BCUT2D eigenvalue weighted by atomic mass is 32.2. The second-order valence-corrected chi connectivity index (χ2v) is 4.73. The lowest BCUT2D eigenvalue weighted by Gasteiger charge is -2.17. The van der Waals surface area contributed by atoms with Crippen molar-refractivity contribution in [3.05, 3.63) is 27.9 Å². The normalized spacial score (nSPS) is 12.2. The van der Waals surface area contributed by atoms with E-state index in [4.69, 9.17) is 0 Å². The molecule has 0 saturated heterocycles. The molecule has 1 N–H and O–H groups in total. The van der Waals surface area contributed by atoms with E-state index in [9.17, 15) is 10.1 Å². The number of anilines is 1. The number of thioether (sulfide) groups is 1. The fourth-order valence-electron chi connectivity index (χ4n) is 1.47. The largest absolute Gasteiger partial charge is 0.366 e. The molecule has 0 saturated carbocycles. The monoisotopic (exact) mass is 255 g/mol. The Balaban J connectivity index is 2.81. The van der Waals surface area contributed by atoms with E-state index in [1.165, 1.54) is 6.20 Å². The Labute approximate surface area is 105 Å². The number of aryl methyl sites for hydroxylation is 1. The summed E-state index contributed by atoms with van der Waals surface area (Å²) in [6.07, 6.45) is 4.35. The Morgan fingerprint density at radius 3 is 2.82 bits per heavy atom. The van der Waals surface area contributed by atoms with E-state index in [2.05, 4.69) is 23.5 Å². The van der Waals surface area contributed by atoms with Crippen LogP contribution in [0.5, 0.6) is 0 Å². The zero-order chi connectivity index (χ0) is 12.8. The SMILES string of the molecule is CCC(CSC)Nc1ncc([N+](=O)[O-])cc1C. The van der Waals surface area contributed by atoms with Crippen molar-refractivity contribution < 1.29 is 4.92 Å². The van der Waals surface area contributed by atoms with Gasteiger partial charge in [-0.05, 0) is 25.2 Å². The van der Waals surface area contributed by atoms with Crippen LogP contribution in [0.2, 0.25) is 0 Å². The van der Waals surface area contributed by atoms with E-state index in [0.29, 0.717) is 6.04 Å². The number of pyridine rings is 1. The maximum absolute atomic E-state index is 10.6. The van der Waals surface area contributed by atoms with Crippen molar-refractivity contribution in [2.24, 2.45) is 0 Å². The average molecular weight is 255 g/mol. The van der Waals surface area contributed by atoms with Gasteiger partial charge in [0.25, 0.3) is 5.69 Å². The topological polar surface area (TPSA) is 68.1 Å². The summed E-state index contributed by atoms with van der Waals surface area (Å²) in [5.74, 6) is 1.73. The van der Waals surface area contributed by atoms with Crippen LogP contribution in [0.15, 0.2) is 12.3 Å². The Hall–Kier alpha value is -1.30. The summed E-state index contributed by atoms with van der Waals surface area (Å²) < 4.78 is 0. The molecule has 0 spiro atoms. The van der Waals surface area contributed by atoms with Gasteiger partial charge in [0.05, 0.1) is 4.92 Å². The van der Waals surface area contributed by atoms with Crippen LogP contribution in [0.4, 0.5) is 11.5 Å². The molecule has 1 aromatic heterocycles. The molecule has 0 bridgehead atoms. The molecule has 6 heteroatoms. The maximum Gasteiger partial charge on any atom is 0.287 e. The van der Waals surface area contributed by atoms with E-state index in [1.54, 1.807) is 17.8 Å². The van der Waals surface area contributed by atoms with Gasteiger partial charge >= 0.3 is 0 Å². The highest BCUT2D eigenvalue weighted by Gasteiger charge is 2.12. The number of aromatic nitrogens is 1. The summed E-state index contributed by atoms with van der Waals surface area (Å²) in [5.41, 5.74) is 0.838. The first-order valence-corrected chi connectivity index (χ1v) is 6.84. The van der Waals surface area contributed by atoms with Gasteiger partial charge in [-0.25, -0.2) is 4.98 Å². The van der Waals surface area contributed by atoms with Gasteiger partial charge in [0.15, 0.2) is 0 Å². The van der Waals surface area contributed by atoms with Crippen LogP contribution in [0.1, 0.15) is 18.9 Å². The van der Waals surface area contributed by atoms with Gasteiger partial charge in [0, 0.05) is 17.9 Å². The number of rotatable bonds is 6. The first-order chi connectivity index (χ1) is 8.08. The summed E-state index contributed by atoms with van der Waals surface area (Å²) in [7, 11) is 0. The molecule has 0 radical (unpaired) electrons. The van der Waals surface area contributed by atoms with Gasteiger partial charge in [-0.2, -0.15) is 11.8 Å². The standard InChI is InChI=1S/C11H17N3O2S/c1-4-9(7-17-3)13-11-8(2)5-10(6-12-11)14(15)16/h5-6,9H,4,7H2,1-3H3,(H,12,13). The first-order valence-electron chi connectivity index (χ1n) is 5.45. The summed E-state index contributed by atoms with van der Waals surface area (Å²) in [4.78, 5) is 14.3. The Morgan fingerprint density at radius 1 is 1.65 bits per heavy atom. The molecular weight excluding hydrogens is 238 g/mol. The lowest BCUT2D eigenvalue weighted by Crippen LogP contribution is -2.22. The van der Waals surface area contributed by atoms with E-state index in [0.717, 1.165) is 23.6 Å². The molecule has 1 rings (SSSR count). The summed E-state index contributed by atoms with van der Waals surface area (Å²) in [5, 5.41) is 13.9. The lowest BCUT2D eigenvalue weighted by atomic mass is 10.2. The van der Waals surface area contributed by atoms with Gasteiger partial charge in [-0.1, -0.05) is 6.92 Å².